The van der Waals surface area contributed by atoms with E-state index in [1.807, 2.05) is 13.0 Å². The zero-order valence-electron chi connectivity index (χ0n) is 12.5. The minimum absolute atomic E-state index is 0.166. The van der Waals surface area contributed by atoms with Crippen molar-refractivity contribution in [1.82, 2.24) is 10.6 Å². The predicted octanol–water partition coefficient (Wildman–Crippen LogP) is 2.62. The topological polar surface area (TPSA) is 78.4 Å². The molecular weight excluding hydrogens is 268 g/mol. The van der Waals surface area contributed by atoms with Crippen molar-refractivity contribution in [3.63, 3.8) is 0 Å². The highest BCUT2D eigenvalue weighted by Crippen LogP contribution is 2.34. The summed E-state index contributed by atoms with van der Waals surface area (Å²) in [5, 5.41) is 15.1. The molecule has 0 aromatic heterocycles. The highest BCUT2D eigenvalue weighted by atomic mass is 16.4. The van der Waals surface area contributed by atoms with Gasteiger partial charge < -0.3 is 15.7 Å². The second kappa shape index (κ2) is 5.76. The van der Waals surface area contributed by atoms with Crippen molar-refractivity contribution in [2.75, 3.05) is 0 Å². The number of hydrogen-bond donors (Lipinski definition) is 3. The van der Waals surface area contributed by atoms with Crippen LogP contribution in [-0.2, 0) is 10.3 Å². The molecule has 5 heteroatoms. The number of rotatable bonds is 5. The lowest BCUT2D eigenvalue weighted by Gasteiger charge is -2.42. The first-order chi connectivity index (χ1) is 9.92. The van der Waals surface area contributed by atoms with Crippen molar-refractivity contribution in [2.45, 2.75) is 50.6 Å². The van der Waals surface area contributed by atoms with Gasteiger partial charge in [-0.3, -0.25) is 0 Å². The molecule has 1 aromatic carbocycles. The van der Waals surface area contributed by atoms with Crippen molar-refractivity contribution >= 4 is 12.0 Å². The summed E-state index contributed by atoms with van der Waals surface area (Å²) >= 11 is 0. The fraction of sp³-hybridized carbons (Fsp3) is 0.500. The van der Waals surface area contributed by atoms with Gasteiger partial charge in [0.15, 0.2) is 5.54 Å². The van der Waals surface area contributed by atoms with Crippen LogP contribution >= 0.6 is 0 Å². The Kier molecular flexibility index (Phi) is 4.21. The average Bonchev–Trinajstić information content (AvgIpc) is 2.43. The first-order valence-corrected chi connectivity index (χ1v) is 7.31. The first-order valence-electron chi connectivity index (χ1n) is 7.31. The van der Waals surface area contributed by atoms with Crippen LogP contribution in [0.4, 0.5) is 4.79 Å². The van der Waals surface area contributed by atoms with E-state index >= 15 is 0 Å². The van der Waals surface area contributed by atoms with Gasteiger partial charge in [0.2, 0.25) is 0 Å². The van der Waals surface area contributed by atoms with Crippen LogP contribution in [0.1, 0.15) is 45.1 Å². The van der Waals surface area contributed by atoms with Gasteiger partial charge >= 0.3 is 12.0 Å². The summed E-state index contributed by atoms with van der Waals surface area (Å²) in [7, 11) is 0. The number of carbonyl (C=O) groups is 2. The van der Waals surface area contributed by atoms with Crippen molar-refractivity contribution < 1.29 is 14.7 Å². The van der Waals surface area contributed by atoms with E-state index in [0.717, 1.165) is 25.7 Å². The van der Waals surface area contributed by atoms with E-state index in [0.29, 0.717) is 5.56 Å². The maximum Gasteiger partial charge on any atom is 0.333 e. The molecule has 0 radical (unpaired) electrons. The number of carboxylic acids is 1. The Morgan fingerprint density at radius 1 is 1.29 bits per heavy atom. The van der Waals surface area contributed by atoms with E-state index in [-0.39, 0.29) is 5.54 Å². The third-order valence-electron chi connectivity index (χ3n) is 4.51. The molecule has 3 N–H and O–H groups in total. The molecule has 0 bridgehead atoms. The Morgan fingerprint density at radius 3 is 2.33 bits per heavy atom. The zero-order valence-corrected chi connectivity index (χ0v) is 12.5. The molecule has 114 valence electrons. The van der Waals surface area contributed by atoms with Gasteiger partial charge in [-0.1, -0.05) is 37.3 Å². The Bertz CT molecular complexity index is 520. The van der Waals surface area contributed by atoms with Crippen molar-refractivity contribution in [3.8, 4) is 0 Å². The molecule has 0 aliphatic heterocycles. The number of urea groups is 1. The third kappa shape index (κ3) is 3.01. The number of amides is 2. The molecule has 1 aliphatic carbocycles. The Labute approximate surface area is 124 Å². The molecule has 2 amide bonds. The SMILES string of the molecule is CCC1(NC(=O)NC(C)(C(=O)O)c2ccccc2)CCC1. The molecule has 1 fully saturated rings. The van der Waals surface area contributed by atoms with E-state index in [1.165, 1.54) is 6.92 Å². The Hall–Kier alpha value is -2.04. The van der Waals surface area contributed by atoms with E-state index in [1.54, 1.807) is 24.3 Å². The summed E-state index contributed by atoms with van der Waals surface area (Å²) in [4.78, 5) is 23.9. The van der Waals surface area contributed by atoms with Gasteiger partial charge in [-0.15, -0.1) is 0 Å². The Balaban J connectivity index is 2.13. The number of hydrogen-bond acceptors (Lipinski definition) is 2. The Morgan fingerprint density at radius 2 is 1.90 bits per heavy atom. The summed E-state index contributed by atoms with van der Waals surface area (Å²) in [5.41, 5.74) is -1.06. The van der Waals surface area contributed by atoms with Gasteiger partial charge in [0.1, 0.15) is 0 Å². The standard InChI is InChI=1S/C16H22N2O3/c1-3-16(10-7-11-16)18-14(21)17-15(2,13(19)20)12-8-5-4-6-9-12/h4-6,8-9H,3,7,10-11H2,1-2H3,(H,19,20)(H2,17,18,21). The molecule has 21 heavy (non-hydrogen) atoms. The minimum Gasteiger partial charge on any atom is -0.479 e. The van der Waals surface area contributed by atoms with E-state index < -0.39 is 17.5 Å². The monoisotopic (exact) mass is 290 g/mol. The van der Waals surface area contributed by atoms with Crippen LogP contribution in [0.5, 0.6) is 0 Å². The number of nitrogens with one attached hydrogen (secondary N) is 2. The number of aliphatic carboxylic acids is 1. The van der Waals surface area contributed by atoms with Crippen molar-refractivity contribution in [3.05, 3.63) is 35.9 Å². The summed E-state index contributed by atoms with van der Waals surface area (Å²) in [6, 6.07) is 8.31. The maximum absolute atomic E-state index is 12.2. The molecule has 0 spiro atoms. The summed E-state index contributed by atoms with van der Waals surface area (Å²) in [5.74, 6) is -1.08. The average molecular weight is 290 g/mol. The smallest absolute Gasteiger partial charge is 0.333 e. The molecule has 0 saturated heterocycles. The van der Waals surface area contributed by atoms with Gasteiger partial charge in [0.25, 0.3) is 0 Å². The van der Waals surface area contributed by atoms with E-state index in [9.17, 15) is 14.7 Å². The zero-order chi connectivity index (χ0) is 15.5. The van der Waals surface area contributed by atoms with Crippen LogP contribution in [0.2, 0.25) is 0 Å². The van der Waals surface area contributed by atoms with Crippen molar-refractivity contribution in [2.24, 2.45) is 0 Å². The molecule has 1 aliphatic rings. The fourth-order valence-electron chi connectivity index (χ4n) is 2.69. The largest absolute Gasteiger partial charge is 0.479 e. The highest BCUT2D eigenvalue weighted by Gasteiger charge is 2.40. The van der Waals surface area contributed by atoms with E-state index in [2.05, 4.69) is 10.6 Å². The number of benzene rings is 1. The van der Waals surface area contributed by atoms with Crippen LogP contribution < -0.4 is 10.6 Å². The van der Waals surface area contributed by atoms with Gasteiger partial charge in [-0.2, -0.15) is 0 Å². The second-order valence-corrected chi connectivity index (χ2v) is 5.86. The lowest BCUT2D eigenvalue weighted by Crippen LogP contribution is -2.60. The quantitative estimate of drug-likeness (QED) is 0.780. The van der Waals surface area contributed by atoms with Gasteiger partial charge in [-0.05, 0) is 38.2 Å². The van der Waals surface area contributed by atoms with Gasteiger partial charge in [-0.25, -0.2) is 9.59 Å². The second-order valence-electron chi connectivity index (χ2n) is 5.86. The lowest BCUT2D eigenvalue weighted by atomic mass is 9.75. The summed E-state index contributed by atoms with van der Waals surface area (Å²) in [6.07, 6.45) is 3.86. The predicted molar refractivity (Wildman–Crippen MR) is 80.0 cm³/mol. The maximum atomic E-state index is 12.2. The molecule has 1 atom stereocenters. The normalized spacial score (nSPS) is 19.0. The van der Waals surface area contributed by atoms with E-state index in [4.69, 9.17) is 0 Å². The summed E-state index contributed by atoms with van der Waals surface area (Å²) < 4.78 is 0. The van der Waals surface area contributed by atoms with Gasteiger partial charge in [0, 0.05) is 5.54 Å². The van der Waals surface area contributed by atoms with Crippen LogP contribution in [0.25, 0.3) is 0 Å². The lowest BCUT2D eigenvalue weighted by molar-refractivity contribution is -0.144. The molecule has 0 heterocycles. The molecule has 5 nitrogen and oxygen atoms in total. The molecule has 2 rings (SSSR count). The van der Waals surface area contributed by atoms with Gasteiger partial charge in [0.05, 0.1) is 0 Å². The molecular formula is C16H22N2O3. The number of carboxylic acid groups (broad SMARTS) is 1. The van der Waals surface area contributed by atoms with Crippen LogP contribution in [-0.4, -0.2) is 22.6 Å². The minimum atomic E-state index is -1.44. The van der Waals surface area contributed by atoms with Crippen LogP contribution in [0.3, 0.4) is 0 Å². The summed E-state index contributed by atoms with van der Waals surface area (Å²) in [6.45, 7) is 3.54. The third-order valence-corrected chi connectivity index (χ3v) is 4.51. The highest BCUT2D eigenvalue weighted by molar-refractivity contribution is 5.87. The molecule has 1 unspecified atom stereocenters. The number of carbonyl (C=O) groups excluding carboxylic acids is 1. The first kappa shape index (κ1) is 15.4. The molecule has 1 saturated carbocycles. The van der Waals surface area contributed by atoms with Crippen LogP contribution in [0.15, 0.2) is 30.3 Å². The van der Waals surface area contributed by atoms with Crippen molar-refractivity contribution in [1.29, 1.82) is 0 Å². The molecule has 1 aromatic rings. The fourth-order valence-corrected chi connectivity index (χ4v) is 2.69. The van der Waals surface area contributed by atoms with Crippen LogP contribution in [0, 0.1) is 0 Å².